The first-order valence-electron chi connectivity index (χ1n) is 11.4. The van der Waals surface area contributed by atoms with Crippen molar-refractivity contribution in [2.75, 3.05) is 25.3 Å². The molecule has 2 aromatic carbocycles. The number of alkyl halides is 6. The maximum atomic E-state index is 14.3. The molecule has 16 heteroatoms. The summed E-state index contributed by atoms with van der Waals surface area (Å²) in [6.45, 7) is 0.868. The van der Waals surface area contributed by atoms with Crippen molar-refractivity contribution in [2.24, 2.45) is 5.16 Å². The minimum absolute atomic E-state index is 0.101. The highest BCUT2D eigenvalue weighted by atomic mass is 35.5. The monoisotopic (exact) mass is 611 g/mol. The van der Waals surface area contributed by atoms with Crippen molar-refractivity contribution in [3.63, 3.8) is 0 Å². The molecule has 0 N–H and O–H groups in total. The Morgan fingerprint density at radius 2 is 1.80 bits per heavy atom. The van der Waals surface area contributed by atoms with Gasteiger partial charge in [-0.1, -0.05) is 22.8 Å². The molecular weight excluding hydrogens is 592 g/mol. The predicted molar refractivity (Wildman–Crippen MR) is 130 cm³/mol. The molecular formula is C24H20ClF6N3O5S. The summed E-state index contributed by atoms with van der Waals surface area (Å²) in [5, 5.41) is 2.97. The molecule has 2 aliphatic rings. The van der Waals surface area contributed by atoms with E-state index in [9.17, 15) is 44.3 Å². The molecule has 2 aromatic rings. The molecule has 0 aliphatic carbocycles. The SMILES string of the molecule is Cc1cc(C2=NOC(c3cc(Cl)cc(C(F)(F)F)c3)(C(F)(F)F)C2)ccc1C(=O)N1CC(=O)N(CS(C)(=O)=O)C1. The lowest BCUT2D eigenvalue weighted by Gasteiger charge is -2.30. The van der Waals surface area contributed by atoms with Gasteiger partial charge in [0.25, 0.3) is 11.5 Å². The highest BCUT2D eigenvalue weighted by Crippen LogP contribution is 2.50. The number of halogens is 7. The van der Waals surface area contributed by atoms with Crippen molar-refractivity contribution >= 4 is 39.0 Å². The van der Waals surface area contributed by atoms with Gasteiger partial charge in [-0.2, -0.15) is 26.3 Å². The highest BCUT2D eigenvalue weighted by molar-refractivity contribution is 7.90. The average molecular weight is 612 g/mol. The summed E-state index contributed by atoms with van der Waals surface area (Å²) < 4.78 is 106. The number of aryl methyl sites for hydroxylation is 1. The van der Waals surface area contributed by atoms with Crippen molar-refractivity contribution < 1.29 is 49.2 Å². The zero-order chi connectivity index (χ0) is 29.8. The van der Waals surface area contributed by atoms with E-state index in [0.29, 0.717) is 17.7 Å². The number of carbonyl (C=O) groups is 2. The van der Waals surface area contributed by atoms with Gasteiger partial charge in [-0.25, -0.2) is 8.42 Å². The molecule has 0 bridgehead atoms. The van der Waals surface area contributed by atoms with Gasteiger partial charge < -0.3 is 14.6 Å². The van der Waals surface area contributed by atoms with Crippen molar-refractivity contribution in [1.82, 2.24) is 9.80 Å². The Labute approximate surface area is 229 Å². The Kier molecular flexibility index (Phi) is 7.37. The lowest BCUT2D eigenvalue weighted by molar-refractivity contribution is -0.276. The second kappa shape index (κ2) is 9.94. The first-order valence-corrected chi connectivity index (χ1v) is 13.8. The van der Waals surface area contributed by atoms with Crippen LogP contribution in [0, 0.1) is 6.92 Å². The Morgan fingerprint density at radius 1 is 1.12 bits per heavy atom. The largest absolute Gasteiger partial charge is 0.435 e. The summed E-state index contributed by atoms with van der Waals surface area (Å²) >= 11 is 5.72. The Balaban J connectivity index is 1.60. The second-order valence-electron chi connectivity index (χ2n) is 9.52. The summed E-state index contributed by atoms with van der Waals surface area (Å²) in [5.41, 5.74) is -5.22. The molecule has 2 aliphatic heterocycles. The van der Waals surface area contributed by atoms with Gasteiger partial charge in [0, 0.05) is 28.8 Å². The third kappa shape index (κ3) is 5.75. The van der Waals surface area contributed by atoms with Gasteiger partial charge in [0.1, 0.15) is 12.4 Å². The molecule has 1 unspecified atom stereocenters. The predicted octanol–water partition coefficient (Wildman–Crippen LogP) is 4.49. The van der Waals surface area contributed by atoms with Crippen LogP contribution in [0.3, 0.4) is 0 Å². The van der Waals surface area contributed by atoms with E-state index in [1.807, 2.05) is 0 Å². The summed E-state index contributed by atoms with van der Waals surface area (Å²) in [6, 6.07) is 5.50. The third-order valence-corrected chi connectivity index (χ3v) is 7.36. The van der Waals surface area contributed by atoms with Crippen molar-refractivity contribution in [3.8, 4) is 0 Å². The van der Waals surface area contributed by atoms with E-state index in [2.05, 4.69) is 5.16 Å². The molecule has 0 radical (unpaired) electrons. The number of hydrogen-bond donors (Lipinski definition) is 0. The number of oxime groups is 1. The lowest BCUT2D eigenvalue weighted by Crippen LogP contribution is -2.43. The number of hydrogen-bond acceptors (Lipinski definition) is 6. The van der Waals surface area contributed by atoms with Crippen LogP contribution in [-0.2, 0) is 31.2 Å². The number of rotatable bonds is 5. The Morgan fingerprint density at radius 3 is 2.38 bits per heavy atom. The Bertz CT molecular complexity index is 1530. The number of benzene rings is 2. The number of amides is 2. The molecule has 40 heavy (non-hydrogen) atoms. The standard InChI is InChI=1S/C24H20ClF6N3O5S/c1-13-5-14(3-4-18(13)21(36)33-10-20(35)34(11-33)12-40(2,37)38)19-9-22(39-32-19,24(29,30)31)15-6-16(23(26,27)28)8-17(25)7-15/h3-8H,9-12H2,1-2H3. The van der Waals surface area contributed by atoms with E-state index < -0.39 is 68.1 Å². The van der Waals surface area contributed by atoms with Gasteiger partial charge in [-0.3, -0.25) is 9.59 Å². The van der Waals surface area contributed by atoms with Crippen LogP contribution in [0.1, 0.15) is 39.0 Å². The van der Waals surface area contributed by atoms with E-state index in [-0.39, 0.29) is 30.1 Å². The second-order valence-corrected chi connectivity index (χ2v) is 12.1. The summed E-state index contributed by atoms with van der Waals surface area (Å²) in [6.07, 6.45) is -10.2. The van der Waals surface area contributed by atoms with Crippen LogP contribution in [0.5, 0.6) is 0 Å². The quantitative estimate of drug-likeness (QED) is 0.464. The smallest absolute Gasteiger partial charge is 0.374 e. The molecule has 0 aromatic heterocycles. The Hall–Kier alpha value is -3.33. The molecule has 4 rings (SSSR count). The van der Waals surface area contributed by atoms with E-state index >= 15 is 0 Å². The molecule has 1 atom stereocenters. The molecule has 2 amide bonds. The first kappa shape index (κ1) is 29.6. The average Bonchev–Trinajstić information content (AvgIpc) is 3.42. The fraction of sp³-hybridized carbons (Fsp3) is 0.375. The van der Waals surface area contributed by atoms with Crippen LogP contribution in [-0.4, -0.2) is 67.3 Å². The van der Waals surface area contributed by atoms with Crippen molar-refractivity contribution in [2.45, 2.75) is 31.3 Å². The summed E-state index contributed by atoms with van der Waals surface area (Å²) in [4.78, 5) is 32.1. The molecule has 0 saturated carbocycles. The molecule has 1 fully saturated rings. The van der Waals surface area contributed by atoms with E-state index in [4.69, 9.17) is 16.4 Å². The van der Waals surface area contributed by atoms with Crippen LogP contribution in [0.2, 0.25) is 5.02 Å². The lowest BCUT2D eigenvalue weighted by atomic mass is 9.85. The van der Waals surface area contributed by atoms with Gasteiger partial charge in [0.2, 0.25) is 5.91 Å². The minimum atomic E-state index is -5.18. The maximum absolute atomic E-state index is 14.3. The number of sulfone groups is 1. The van der Waals surface area contributed by atoms with Crippen molar-refractivity contribution in [3.05, 3.63) is 69.2 Å². The minimum Gasteiger partial charge on any atom is -0.374 e. The van der Waals surface area contributed by atoms with Gasteiger partial charge in [-0.05, 0) is 48.4 Å². The van der Waals surface area contributed by atoms with Gasteiger partial charge in [-0.15, -0.1) is 0 Å². The van der Waals surface area contributed by atoms with Crippen molar-refractivity contribution in [1.29, 1.82) is 0 Å². The normalized spacial score (nSPS) is 20.1. The first-order chi connectivity index (χ1) is 18.3. The van der Waals surface area contributed by atoms with Crippen LogP contribution < -0.4 is 0 Å². The van der Waals surface area contributed by atoms with E-state index in [1.165, 1.54) is 25.1 Å². The summed E-state index contributed by atoms with van der Waals surface area (Å²) in [5.74, 6) is -1.74. The molecule has 2 heterocycles. The molecule has 1 saturated heterocycles. The van der Waals surface area contributed by atoms with E-state index in [1.54, 1.807) is 0 Å². The van der Waals surface area contributed by atoms with Gasteiger partial charge in [0.15, 0.2) is 9.84 Å². The van der Waals surface area contributed by atoms with Crippen LogP contribution in [0.4, 0.5) is 26.3 Å². The molecule has 216 valence electrons. The van der Waals surface area contributed by atoms with Crippen LogP contribution >= 0.6 is 11.6 Å². The highest BCUT2D eigenvalue weighted by Gasteiger charge is 2.62. The topological polar surface area (TPSA) is 96.3 Å². The number of carbonyl (C=O) groups excluding carboxylic acids is 2. The zero-order valence-corrected chi connectivity index (χ0v) is 22.3. The molecule has 8 nitrogen and oxygen atoms in total. The molecule has 0 spiro atoms. The summed E-state index contributed by atoms with van der Waals surface area (Å²) in [7, 11) is -3.53. The van der Waals surface area contributed by atoms with Gasteiger partial charge in [0.05, 0.1) is 17.9 Å². The van der Waals surface area contributed by atoms with Gasteiger partial charge >= 0.3 is 12.4 Å². The van der Waals surface area contributed by atoms with Crippen LogP contribution in [0.15, 0.2) is 41.6 Å². The van der Waals surface area contributed by atoms with Crippen LogP contribution in [0.25, 0.3) is 0 Å². The van der Waals surface area contributed by atoms with E-state index in [0.717, 1.165) is 22.1 Å². The third-order valence-electron chi connectivity index (χ3n) is 6.37. The maximum Gasteiger partial charge on any atom is 0.435 e. The fourth-order valence-electron chi connectivity index (χ4n) is 4.43. The number of nitrogens with zero attached hydrogens (tertiary/aromatic N) is 3. The zero-order valence-electron chi connectivity index (χ0n) is 20.7. The fourth-order valence-corrected chi connectivity index (χ4v) is 5.46.